The van der Waals surface area contributed by atoms with E-state index in [1.807, 2.05) is 44.3 Å². The molecule has 0 heterocycles. The highest BCUT2D eigenvalue weighted by Gasteiger charge is 2.10. The molecule has 0 atom stereocenters. The maximum Gasteiger partial charge on any atom is 0.167 e. The van der Waals surface area contributed by atoms with Crippen molar-refractivity contribution >= 4 is 0 Å². The molecule has 2 nitrogen and oxygen atoms in total. The monoisotopic (exact) mass is 245 g/mol. The van der Waals surface area contributed by atoms with Gasteiger partial charge in [-0.1, -0.05) is 24.3 Å². The second-order valence-electron chi connectivity index (χ2n) is 4.18. The van der Waals surface area contributed by atoms with Gasteiger partial charge in [0.05, 0.1) is 0 Å². The molecule has 3 heteroatoms. The first-order valence-electron chi connectivity index (χ1n) is 5.87. The summed E-state index contributed by atoms with van der Waals surface area (Å²) >= 11 is 0. The van der Waals surface area contributed by atoms with Crippen LogP contribution in [0.25, 0.3) is 0 Å². The number of aryl methyl sites for hydroxylation is 1. The molecule has 0 saturated heterocycles. The predicted octanol–water partition coefficient (Wildman–Crippen LogP) is 3.65. The van der Waals surface area contributed by atoms with Crippen molar-refractivity contribution < 1.29 is 9.13 Å². The van der Waals surface area contributed by atoms with Crippen molar-refractivity contribution in [1.82, 2.24) is 5.32 Å². The summed E-state index contributed by atoms with van der Waals surface area (Å²) in [5, 5.41) is 3.00. The molecule has 1 N–H and O–H groups in total. The van der Waals surface area contributed by atoms with Gasteiger partial charge in [-0.3, -0.25) is 0 Å². The van der Waals surface area contributed by atoms with Crippen molar-refractivity contribution in [2.75, 3.05) is 7.05 Å². The summed E-state index contributed by atoms with van der Waals surface area (Å²) in [4.78, 5) is 0. The fourth-order valence-corrected chi connectivity index (χ4v) is 1.79. The Bertz CT molecular complexity index is 540. The van der Waals surface area contributed by atoms with Crippen molar-refractivity contribution in [3.63, 3.8) is 0 Å². The van der Waals surface area contributed by atoms with Gasteiger partial charge in [0.2, 0.25) is 0 Å². The Morgan fingerprint density at radius 2 is 1.94 bits per heavy atom. The van der Waals surface area contributed by atoms with Gasteiger partial charge in [0, 0.05) is 12.1 Å². The van der Waals surface area contributed by atoms with Gasteiger partial charge >= 0.3 is 0 Å². The van der Waals surface area contributed by atoms with Gasteiger partial charge in [-0.2, -0.15) is 0 Å². The fourth-order valence-electron chi connectivity index (χ4n) is 1.79. The minimum atomic E-state index is -0.343. The van der Waals surface area contributed by atoms with Gasteiger partial charge in [-0.05, 0) is 37.7 Å². The summed E-state index contributed by atoms with van der Waals surface area (Å²) < 4.78 is 19.5. The van der Waals surface area contributed by atoms with Gasteiger partial charge in [0.1, 0.15) is 5.75 Å². The van der Waals surface area contributed by atoms with E-state index in [1.165, 1.54) is 6.07 Å². The van der Waals surface area contributed by atoms with Crippen molar-refractivity contribution in [3.8, 4) is 11.5 Å². The first-order chi connectivity index (χ1) is 8.70. The van der Waals surface area contributed by atoms with Crippen molar-refractivity contribution in [3.05, 3.63) is 59.4 Å². The van der Waals surface area contributed by atoms with Gasteiger partial charge in [-0.15, -0.1) is 0 Å². The Kier molecular flexibility index (Phi) is 3.95. The molecule has 0 saturated carbocycles. The number of halogens is 1. The van der Waals surface area contributed by atoms with E-state index >= 15 is 0 Å². The van der Waals surface area contributed by atoms with E-state index in [1.54, 1.807) is 6.07 Å². The zero-order valence-corrected chi connectivity index (χ0v) is 10.5. The molecule has 0 fully saturated rings. The predicted molar refractivity (Wildman–Crippen MR) is 70.4 cm³/mol. The number of hydrogen-bond donors (Lipinski definition) is 1. The van der Waals surface area contributed by atoms with Crippen LogP contribution in [0.1, 0.15) is 11.1 Å². The molecule has 0 amide bonds. The Labute approximate surface area is 106 Å². The average Bonchev–Trinajstić information content (AvgIpc) is 2.34. The van der Waals surface area contributed by atoms with Crippen molar-refractivity contribution in [2.24, 2.45) is 0 Å². The summed E-state index contributed by atoms with van der Waals surface area (Å²) in [6.45, 7) is 2.54. The summed E-state index contributed by atoms with van der Waals surface area (Å²) in [5.41, 5.74) is 1.89. The van der Waals surface area contributed by atoms with Crippen LogP contribution in [0.3, 0.4) is 0 Å². The third-order valence-electron chi connectivity index (χ3n) is 2.63. The molecule has 2 aromatic carbocycles. The van der Waals surface area contributed by atoms with Crippen LogP contribution in [0.4, 0.5) is 4.39 Å². The Hall–Kier alpha value is -1.87. The summed E-state index contributed by atoms with van der Waals surface area (Å²) in [6, 6.07) is 12.5. The molecule has 0 aliphatic rings. The molecule has 0 aliphatic carbocycles. The second kappa shape index (κ2) is 5.65. The van der Waals surface area contributed by atoms with Gasteiger partial charge in [-0.25, -0.2) is 4.39 Å². The number of nitrogens with one attached hydrogen (secondary N) is 1. The summed E-state index contributed by atoms with van der Waals surface area (Å²) in [6.07, 6.45) is 0. The van der Waals surface area contributed by atoms with Crippen molar-refractivity contribution in [1.29, 1.82) is 0 Å². The maximum absolute atomic E-state index is 13.8. The van der Waals surface area contributed by atoms with E-state index in [0.717, 1.165) is 11.1 Å². The standard InChI is InChI=1S/C15H16FNO/c1-11-5-3-7-13(9-11)18-15-12(10-17-2)6-4-8-14(15)16/h3-9,17H,10H2,1-2H3. The number of ether oxygens (including phenoxy) is 1. The highest BCUT2D eigenvalue weighted by molar-refractivity contribution is 5.39. The van der Waals surface area contributed by atoms with Crippen LogP contribution in [-0.2, 0) is 6.54 Å². The third-order valence-corrected chi connectivity index (χ3v) is 2.63. The molecular formula is C15H16FNO. The summed E-state index contributed by atoms with van der Waals surface area (Å²) in [7, 11) is 1.82. The SMILES string of the molecule is CNCc1cccc(F)c1Oc1cccc(C)c1. The molecule has 18 heavy (non-hydrogen) atoms. The van der Waals surface area contributed by atoms with Crippen molar-refractivity contribution in [2.45, 2.75) is 13.5 Å². The van der Waals surface area contributed by atoms with Crippen LogP contribution in [0, 0.1) is 12.7 Å². The van der Waals surface area contributed by atoms with E-state index in [9.17, 15) is 4.39 Å². The van der Waals surface area contributed by atoms with Gasteiger partial charge in [0.15, 0.2) is 11.6 Å². The maximum atomic E-state index is 13.8. The van der Waals surface area contributed by atoms with Gasteiger partial charge < -0.3 is 10.1 Å². The van der Waals surface area contributed by atoms with Crippen LogP contribution in [0.15, 0.2) is 42.5 Å². The smallest absolute Gasteiger partial charge is 0.167 e. The lowest BCUT2D eigenvalue weighted by atomic mass is 10.2. The molecule has 0 aromatic heterocycles. The van der Waals surface area contributed by atoms with Crippen LogP contribution >= 0.6 is 0 Å². The number of rotatable bonds is 4. The average molecular weight is 245 g/mol. The van der Waals surface area contributed by atoms with Gasteiger partial charge in [0.25, 0.3) is 0 Å². The third kappa shape index (κ3) is 2.87. The second-order valence-corrected chi connectivity index (χ2v) is 4.18. The topological polar surface area (TPSA) is 21.3 Å². The lowest BCUT2D eigenvalue weighted by Crippen LogP contribution is -2.07. The molecule has 2 aromatic rings. The molecule has 0 radical (unpaired) electrons. The van der Waals surface area contributed by atoms with Crippen LogP contribution in [-0.4, -0.2) is 7.05 Å². The number of para-hydroxylation sites is 1. The molecule has 0 unspecified atom stereocenters. The molecule has 0 bridgehead atoms. The van der Waals surface area contributed by atoms with E-state index < -0.39 is 0 Å². The Balaban J connectivity index is 2.33. The molecule has 94 valence electrons. The number of benzene rings is 2. The van der Waals surface area contributed by atoms with E-state index in [4.69, 9.17) is 4.74 Å². The minimum Gasteiger partial charge on any atom is -0.454 e. The zero-order valence-electron chi connectivity index (χ0n) is 10.5. The minimum absolute atomic E-state index is 0.289. The largest absolute Gasteiger partial charge is 0.454 e. The quantitative estimate of drug-likeness (QED) is 0.887. The zero-order chi connectivity index (χ0) is 13.0. The molecule has 0 spiro atoms. The normalized spacial score (nSPS) is 10.4. The lowest BCUT2D eigenvalue weighted by molar-refractivity contribution is 0.434. The molecule has 0 aliphatic heterocycles. The van der Waals surface area contributed by atoms with E-state index in [-0.39, 0.29) is 11.6 Å². The molecular weight excluding hydrogens is 229 g/mol. The summed E-state index contributed by atoms with van der Waals surface area (Å²) in [5.74, 6) is 0.596. The Morgan fingerprint density at radius 3 is 2.67 bits per heavy atom. The molecule has 2 rings (SSSR count). The Morgan fingerprint density at radius 1 is 1.17 bits per heavy atom. The lowest BCUT2D eigenvalue weighted by Gasteiger charge is -2.12. The first kappa shape index (κ1) is 12.6. The number of hydrogen-bond acceptors (Lipinski definition) is 2. The van der Waals surface area contributed by atoms with E-state index in [0.29, 0.717) is 12.3 Å². The van der Waals surface area contributed by atoms with Crippen LogP contribution in [0.2, 0.25) is 0 Å². The fraction of sp³-hybridized carbons (Fsp3) is 0.200. The first-order valence-corrected chi connectivity index (χ1v) is 5.87. The van der Waals surface area contributed by atoms with E-state index in [2.05, 4.69) is 5.32 Å². The van der Waals surface area contributed by atoms with Crippen LogP contribution < -0.4 is 10.1 Å². The highest BCUT2D eigenvalue weighted by atomic mass is 19.1. The van der Waals surface area contributed by atoms with Crippen LogP contribution in [0.5, 0.6) is 11.5 Å². The highest BCUT2D eigenvalue weighted by Crippen LogP contribution is 2.28.